The highest BCUT2D eigenvalue weighted by Gasteiger charge is 1.81. The fourth-order valence-corrected chi connectivity index (χ4v) is 1.18. The molecule has 0 radical (unpaired) electrons. The Labute approximate surface area is 116 Å². The molecule has 0 aromatic carbocycles. The van der Waals surface area contributed by atoms with Gasteiger partial charge in [-0.1, -0.05) is 65.8 Å². The lowest BCUT2D eigenvalue weighted by molar-refractivity contribution is 0.331. The summed E-state index contributed by atoms with van der Waals surface area (Å²) in [6, 6.07) is 0. The van der Waals surface area contributed by atoms with Gasteiger partial charge in [0.05, 0.1) is 13.2 Å². The summed E-state index contributed by atoms with van der Waals surface area (Å²) in [7, 11) is 0. The summed E-state index contributed by atoms with van der Waals surface area (Å²) in [5, 5.41) is 17.5. The first-order valence-corrected chi connectivity index (χ1v) is 6.34. The summed E-state index contributed by atoms with van der Waals surface area (Å²) >= 11 is 0. The van der Waals surface area contributed by atoms with Crippen molar-refractivity contribution in [2.75, 3.05) is 13.2 Å². The molecule has 0 aromatic rings. The smallest absolute Gasteiger partial charge is 0.0642 e. The van der Waals surface area contributed by atoms with Crippen molar-refractivity contribution < 1.29 is 10.2 Å². The Balaban J connectivity index is 4.36. The van der Waals surface area contributed by atoms with Crippen LogP contribution >= 0.6 is 0 Å². The van der Waals surface area contributed by atoms with E-state index in [4.69, 9.17) is 10.2 Å². The maximum absolute atomic E-state index is 8.83. The van der Waals surface area contributed by atoms with Gasteiger partial charge in [-0.15, -0.1) is 0 Å². The summed E-state index contributed by atoms with van der Waals surface area (Å²) in [5.74, 6) is 0. The Morgan fingerprint density at radius 3 is 1.89 bits per heavy atom. The maximum atomic E-state index is 8.83. The van der Waals surface area contributed by atoms with E-state index in [0.717, 1.165) is 16.7 Å². The van der Waals surface area contributed by atoms with Gasteiger partial charge < -0.3 is 10.2 Å². The minimum Gasteiger partial charge on any atom is -0.392 e. The first-order valence-electron chi connectivity index (χ1n) is 6.34. The zero-order chi connectivity index (χ0) is 14.5. The molecule has 0 aromatic heterocycles. The number of aliphatic hydroxyl groups excluding tert-OH is 2. The summed E-state index contributed by atoms with van der Waals surface area (Å²) in [6.07, 6.45) is 17.3. The van der Waals surface area contributed by atoms with Gasteiger partial charge in [-0.3, -0.25) is 0 Å². The van der Waals surface area contributed by atoms with Crippen molar-refractivity contribution in [2.45, 2.75) is 20.8 Å². The van der Waals surface area contributed by atoms with Crippen molar-refractivity contribution in [2.24, 2.45) is 0 Å². The second-order valence-electron chi connectivity index (χ2n) is 4.32. The van der Waals surface area contributed by atoms with Crippen LogP contribution in [0.4, 0.5) is 0 Å². The number of hydrogen-bond acceptors (Lipinski definition) is 2. The Morgan fingerprint density at radius 1 is 0.789 bits per heavy atom. The van der Waals surface area contributed by atoms with Gasteiger partial charge in [-0.25, -0.2) is 0 Å². The molecule has 0 bridgehead atoms. The highest BCUT2D eigenvalue weighted by atomic mass is 16.3. The zero-order valence-electron chi connectivity index (χ0n) is 12.0. The van der Waals surface area contributed by atoms with Gasteiger partial charge in [0.25, 0.3) is 0 Å². The lowest BCUT2D eigenvalue weighted by Crippen LogP contribution is -1.81. The predicted molar refractivity (Wildman–Crippen MR) is 82.9 cm³/mol. The van der Waals surface area contributed by atoms with Gasteiger partial charge >= 0.3 is 0 Å². The first-order chi connectivity index (χ1) is 9.10. The molecule has 0 aliphatic heterocycles. The molecular weight excluding hydrogens is 236 g/mol. The molecule has 0 unspecified atom stereocenters. The van der Waals surface area contributed by atoms with Crippen molar-refractivity contribution in [3.8, 4) is 0 Å². The third kappa shape index (κ3) is 11.2. The van der Waals surface area contributed by atoms with Crippen LogP contribution in [-0.4, -0.2) is 23.4 Å². The molecule has 0 amide bonds. The van der Waals surface area contributed by atoms with E-state index >= 15 is 0 Å². The van der Waals surface area contributed by atoms with Crippen molar-refractivity contribution in [1.82, 2.24) is 0 Å². The second kappa shape index (κ2) is 11.5. The van der Waals surface area contributed by atoms with E-state index in [0.29, 0.717) is 0 Å². The summed E-state index contributed by atoms with van der Waals surface area (Å²) < 4.78 is 0. The first kappa shape index (κ1) is 17.4. The van der Waals surface area contributed by atoms with E-state index in [1.807, 2.05) is 69.4 Å². The SMILES string of the molecule is C\C(C=CCO)=C/C=C/C=C(C)/C=C/C=C(\C)CO. The molecule has 0 aliphatic rings. The zero-order valence-corrected chi connectivity index (χ0v) is 12.0. The Kier molecular flexibility index (Phi) is 10.5. The van der Waals surface area contributed by atoms with Gasteiger partial charge in [0.1, 0.15) is 0 Å². The topological polar surface area (TPSA) is 40.5 Å². The summed E-state index contributed by atoms with van der Waals surface area (Å²) in [4.78, 5) is 0. The Morgan fingerprint density at radius 2 is 1.37 bits per heavy atom. The van der Waals surface area contributed by atoms with Crippen molar-refractivity contribution in [1.29, 1.82) is 0 Å². The third-order valence-electron chi connectivity index (χ3n) is 2.30. The van der Waals surface area contributed by atoms with Crippen LogP contribution in [0.25, 0.3) is 0 Å². The maximum Gasteiger partial charge on any atom is 0.0642 e. The van der Waals surface area contributed by atoms with E-state index in [9.17, 15) is 0 Å². The van der Waals surface area contributed by atoms with Gasteiger partial charge in [-0.05, 0) is 26.3 Å². The Hall–Kier alpha value is -1.64. The lowest BCUT2D eigenvalue weighted by Gasteiger charge is -1.90. The molecule has 0 atom stereocenters. The van der Waals surface area contributed by atoms with Crippen LogP contribution in [0, 0.1) is 0 Å². The fourth-order valence-electron chi connectivity index (χ4n) is 1.18. The van der Waals surface area contributed by atoms with E-state index in [1.165, 1.54) is 0 Å². The third-order valence-corrected chi connectivity index (χ3v) is 2.30. The minimum atomic E-state index is 0.0689. The highest BCUT2D eigenvalue weighted by molar-refractivity contribution is 5.28. The molecule has 2 N–H and O–H groups in total. The van der Waals surface area contributed by atoms with Crippen molar-refractivity contribution >= 4 is 0 Å². The second-order valence-corrected chi connectivity index (χ2v) is 4.32. The van der Waals surface area contributed by atoms with Crippen LogP contribution in [0.3, 0.4) is 0 Å². The minimum absolute atomic E-state index is 0.0689. The number of aliphatic hydroxyl groups is 2. The van der Waals surface area contributed by atoms with Crippen LogP contribution in [0.1, 0.15) is 20.8 Å². The predicted octanol–water partition coefficient (Wildman–Crippen LogP) is 3.48. The molecular formula is C17H24O2. The molecule has 0 aliphatic carbocycles. The van der Waals surface area contributed by atoms with Gasteiger partial charge in [-0.2, -0.15) is 0 Å². The van der Waals surface area contributed by atoms with E-state index < -0.39 is 0 Å². The molecule has 104 valence electrons. The number of allylic oxidation sites excluding steroid dienone is 10. The van der Waals surface area contributed by atoms with Crippen molar-refractivity contribution in [3.05, 3.63) is 71.4 Å². The van der Waals surface area contributed by atoms with Gasteiger partial charge in [0.15, 0.2) is 0 Å². The Bertz CT molecular complexity index is 419. The number of rotatable bonds is 7. The molecule has 0 spiro atoms. The fraction of sp³-hybridized carbons (Fsp3) is 0.294. The normalized spacial score (nSPS) is 15.3. The quantitative estimate of drug-likeness (QED) is 0.688. The molecule has 0 saturated carbocycles. The van der Waals surface area contributed by atoms with Crippen LogP contribution in [0.15, 0.2) is 71.4 Å². The largest absolute Gasteiger partial charge is 0.392 e. The lowest BCUT2D eigenvalue weighted by atomic mass is 10.2. The molecule has 19 heavy (non-hydrogen) atoms. The molecule has 0 fully saturated rings. The van der Waals surface area contributed by atoms with Crippen LogP contribution in [0.2, 0.25) is 0 Å². The van der Waals surface area contributed by atoms with Crippen LogP contribution in [-0.2, 0) is 0 Å². The molecule has 2 heteroatoms. The van der Waals surface area contributed by atoms with Crippen molar-refractivity contribution in [3.63, 3.8) is 0 Å². The molecule has 2 nitrogen and oxygen atoms in total. The van der Waals surface area contributed by atoms with E-state index in [2.05, 4.69) is 0 Å². The number of hydrogen-bond donors (Lipinski definition) is 2. The average molecular weight is 260 g/mol. The molecule has 0 saturated heterocycles. The average Bonchev–Trinajstić information content (AvgIpc) is 2.41. The monoisotopic (exact) mass is 260 g/mol. The van der Waals surface area contributed by atoms with E-state index in [-0.39, 0.29) is 13.2 Å². The summed E-state index contributed by atoms with van der Waals surface area (Å²) in [6.45, 7) is 6.05. The van der Waals surface area contributed by atoms with E-state index in [1.54, 1.807) is 6.08 Å². The van der Waals surface area contributed by atoms with Gasteiger partial charge in [0.2, 0.25) is 0 Å². The van der Waals surface area contributed by atoms with Crippen LogP contribution < -0.4 is 0 Å². The summed E-state index contributed by atoms with van der Waals surface area (Å²) in [5.41, 5.74) is 3.16. The standard InChI is InChI=1S/C17H24O2/c1-15(10-6-11-17(3)14-19)8-4-5-9-16(2)12-7-13-18/h4-12,18-19H,13-14H2,1-3H3/b5-4+,10-6+,12-7?,15-8+,16-9+,17-11+. The van der Waals surface area contributed by atoms with Gasteiger partial charge in [0, 0.05) is 0 Å². The highest BCUT2D eigenvalue weighted by Crippen LogP contribution is 1.99. The molecule has 0 heterocycles. The molecule has 0 rings (SSSR count). The van der Waals surface area contributed by atoms with Crippen LogP contribution in [0.5, 0.6) is 0 Å².